The van der Waals surface area contributed by atoms with Crippen molar-refractivity contribution >= 4 is 21.6 Å². The molecule has 5 heteroatoms. The molecule has 0 radical (unpaired) electrons. The summed E-state index contributed by atoms with van der Waals surface area (Å²) in [6, 6.07) is 4.57. The first-order chi connectivity index (χ1) is 6.02. The van der Waals surface area contributed by atoms with Gasteiger partial charge in [0.05, 0.1) is 16.6 Å². The Morgan fingerprint density at radius 3 is 2.69 bits per heavy atom. The third kappa shape index (κ3) is 2.26. The third-order valence-corrected chi connectivity index (χ3v) is 2.13. The van der Waals surface area contributed by atoms with Gasteiger partial charge >= 0.3 is 0 Å². The van der Waals surface area contributed by atoms with E-state index in [1.807, 2.05) is 0 Å². The fourth-order valence-corrected chi connectivity index (χ4v) is 1.38. The lowest BCUT2D eigenvalue weighted by atomic mass is 10.1. The van der Waals surface area contributed by atoms with Crippen molar-refractivity contribution < 1.29 is 10.0 Å². The summed E-state index contributed by atoms with van der Waals surface area (Å²) in [5.74, 6) is 0. The number of halogens is 1. The van der Waals surface area contributed by atoms with E-state index in [1.54, 1.807) is 6.07 Å². The number of nitrogens with zero attached hydrogens (tertiary/aromatic N) is 1. The number of aliphatic hydroxyl groups is 1. The molecule has 0 saturated carbocycles. The maximum absolute atomic E-state index is 10.6. The lowest BCUT2D eigenvalue weighted by molar-refractivity contribution is -0.386. The number of hydrogen-bond donors (Lipinski definition) is 1. The highest BCUT2D eigenvalue weighted by atomic mass is 79.9. The van der Waals surface area contributed by atoms with Crippen LogP contribution in [-0.2, 0) is 0 Å². The van der Waals surface area contributed by atoms with E-state index < -0.39 is 11.0 Å². The summed E-state index contributed by atoms with van der Waals surface area (Å²) in [6.45, 7) is 1.50. The van der Waals surface area contributed by atoms with Gasteiger partial charge in [0.25, 0.3) is 5.69 Å². The molecular formula is C8H8BrNO3. The fourth-order valence-electron chi connectivity index (χ4n) is 1.03. The van der Waals surface area contributed by atoms with Crippen LogP contribution in [0.5, 0.6) is 0 Å². The second-order valence-corrected chi connectivity index (χ2v) is 3.55. The minimum atomic E-state index is -0.825. The van der Waals surface area contributed by atoms with Crippen molar-refractivity contribution in [3.63, 3.8) is 0 Å². The molecule has 0 amide bonds. The van der Waals surface area contributed by atoms with E-state index in [-0.39, 0.29) is 5.69 Å². The van der Waals surface area contributed by atoms with Gasteiger partial charge in [-0.2, -0.15) is 0 Å². The van der Waals surface area contributed by atoms with Crippen LogP contribution in [0.2, 0.25) is 0 Å². The van der Waals surface area contributed by atoms with E-state index in [9.17, 15) is 15.2 Å². The molecule has 70 valence electrons. The van der Waals surface area contributed by atoms with E-state index in [0.717, 1.165) is 0 Å². The first-order valence-electron chi connectivity index (χ1n) is 3.64. The number of aliphatic hydroxyl groups excluding tert-OH is 1. The van der Waals surface area contributed by atoms with Crippen LogP contribution in [0, 0.1) is 10.1 Å². The summed E-state index contributed by atoms with van der Waals surface area (Å²) < 4.78 is 0.628. The zero-order valence-corrected chi connectivity index (χ0v) is 8.48. The SMILES string of the molecule is C[C@H](O)c1ccc(Br)cc1[N+](=O)[O-]. The van der Waals surface area contributed by atoms with Crippen LogP contribution in [-0.4, -0.2) is 10.0 Å². The predicted molar refractivity (Wildman–Crippen MR) is 51.4 cm³/mol. The number of nitro benzene ring substituents is 1. The smallest absolute Gasteiger partial charge is 0.276 e. The number of nitro groups is 1. The number of benzene rings is 1. The molecule has 0 aliphatic rings. The average Bonchev–Trinajstić information content (AvgIpc) is 2.03. The van der Waals surface area contributed by atoms with Gasteiger partial charge in [0.15, 0.2) is 0 Å². The Kier molecular flexibility index (Phi) is 3.00. The Hall–Kier alpha value is -0.940. The second-order valence-electron chi connectivity index (χ2n) is 2.64. The molecule has 1 aromatic rings. The molecule has 4 nitrogen and oxygen atoms in total. The molecule has 1 rings (SSSR count). The molecule has 1 aromatic carbocycles. The number of hydrogen-bond acceptors (Lipinski definition) is 3. The van der Waals surface area contributed by atoms with Gasteiger partial charge in [-0.05, 0) is 19.1 Å². The van der Waals surface area contributed by atoms with Crippen molar-refractivity contribution in [1.82, 2.24) is 0 Å². The van der Waals surface area contributed by atoms with Gasteiger partial charge in [0.1, 0.15) is 0 Å². The fraction of sp³-hybridized carbons (Fsp3) is 0.250. The topological polar surface area (TPSA) is 63.4 Å². The Morgan fingerprint density at radius 2 is 2.23 bits per heavy atom. The minimum Gasteiger partial charge on any atom is -0.388 e. The monoisotopic (exact) mass is 245 g/mol. The summed E-state index contributed by atoms with van der Waals surface area (Å²) in [4.78, 5) is 10.0. The quantitative estimate of drug-likeness (QED) is 0.643. The van der Waals surface area contributed by atoms with Crippen LogP contribution in [0.25, 0.3) is 0 Å². The molecule has 0 bridgehead atoms. The molecule has 0 aliphatic carbocycles. The lowest BCUT2D eigenvalue weighted by Gasteiger charge is -2.05. The highest BCUT2D eigenvalue weighted by Crippen LogP contribution is 2.27. The standard InChI is InChI=1S/C8H8BrNO3/c1-5(11)7-3-2-6(9)4-8(7)10(12)13/h2-5,11H,1H3/t5-/m0/s1. The van der Waals surface area contributed by atoms with Gasteiger partial charge in [-0.1, -0.05) is 15.9 Å². The van der Waals surface area contributed by atoms with Gasteiger partial charge in [0, 0.05) is 10.5 Å². The molecule has 0 fully saturated rings. The first kappa shape index (κ1) is 10.1. The van der Waals surface area contributed by atoms with E-state index in [2.05, 4.69) is 15.9 Å². The molecule has 0 unspecified atom stereocenters. The predicted octanol–water partition coefficient (Wildman–Crippen LogP) is 2.41. The second kappa shape index (κ2) is 3.85. The van der Waals surface area contributed by atoms with Crippen LogP contribution in [0.1, 0.15) is 18.6 Å². The molecule has 1 atom stereocenters. The van der Waals surface area contributed by atoms with Crippen LogP contribution in [0.3, 0.4) is 0 Å². The molecular weight excluding hydrogens is 238 g/mol. The molecule has 1 N–H and O–H groups in total. The molecule has 0 aromatic heterocycles. The Labute approximate surface area is 83.5 Å². The van der Waals surface area contributed by atoms with Crippen LogP contribution < -0.4 is 0 Å². The van der Waals surface area contributed by atoms with Crippen molar-refractivity contribution in [2.45, 2.75) is 13.0 Å². The Balaban J connectivity index is 3.27. The largest absolute Gasteiger partial charge is 0.388 e. The summed E-state index contributed by atoms with van der Waals surface area (Å²) in [6.07, 6.45) is -0.825. The summed E-state index contributed by atoms with van der Waals surface area (Å²) in [5.41, 5.74) is 0.262. The zero-order valence-electron chi connectivity index (χ0n) is 6.90. The van der Waals surface area contributed by atoms with Gasteiger partial charge in [-0.25, -0.2) is 0 Å². The van der Waals surface area contributed by atoms with Gasteiger partial charge in [-0.15, -0.1) is 0 Å². The highest BCUT2D eigenvalue weighted by Gasteiger charge is 2.17. The molecule has 0 heterocycles. The summed E-state index contributed by atoms with van der Waals surface area (Å²) in [5, 5.41) is 19.8. The van der Waals surface area contributed by atoms with Gasteiger partial charge < -0.3 is 5.11 Å². The Morgan fingerprint density at radius 1 is 1.62 bits per heavy atom. The average molecular weight is 246 g/mol. The Bertz CT molecular complexity index is 338. The van der Waals surface area contributed by atoms with Crippen molar-refractivity contribution in [1.29, 1.82) is 0 Å². The number of rotatable bonds is 2. The van der Waals surface area contributed by atoms with Crippen molar-refractivity contribution in [2.24, 2.45) is 0 Å². The summed E-state index contributed by atoms with van der Waals surface area (Å²) in [7, 11) is 0. The molecule has 13 heavy (non-hydrogen) atoms. The van der Waals surface area contributed by atoms with Crippen LogP contribution >= 0.6 is 15.9 Å². The van der Waals surface area contributed by atoms with Crippen LogP contribution in [0.15, 0.2) is 22.7 Å². The highest BCUT2D eigenvalue weighted by molar-refractivity contribution is 9.10. The van der Waals surface area contributed by atoms with Gasteiger partial charge in [0.2, 0.25) is 0 Å². The maximum Gasteiger partial charge on any atom is 0.276 e. The van der Waals surface area contributed by atoms with E-state index in [0.29, 0.717) is 10.0 Å². The van der Waals surface area contributed by atoms with Gasteiger partial charge in [-0.3, -0.25) is 10.1 Å². The van der Waals surface area contributed by atoms with Crippen LogP contribution in [0.4, 0.5) is 5.69 Å². The first-order valence-corrected chi connectivity index (χ1v) is 4.43. The lowest BCUT2D eigenvalue weighted by Crippen LogP contribution is -1.98. The van der Waals surface area contributed by atoms with Crippen molar-refractivity contribution in [3.8, 4) is 0 Å². The maximum atomic E-state index is 10.6. The third-order valence-electron chi connectivity index (χ3n) is 1.64. The molecule has 0 aliphatic heterocycles. The van der Waals surface area contributed by atoms with Crippen molar-refractivity contribution in [2.75, 3.05) is 0 Å². The minimum absolute atomic E-state index is 0.0654. The normalized spacial score (nSPS) is 12.5. The zero-order chi connectivity index (χ0) is 10.0. The van der Waals surface area contributed by atoms with E-state index >= 15 is 0 Å². The molecule has 0 saturated heterocycles. The van der Waals surface area contributed by atoms with E-state index in [4.69, 9.17) is 0 Å². The summed E-state index contributed by atoms with van der Waals surface area (Å²) >= 11 is 3.13. The van der Waals surface area contributed by atoms with E-state index in [1.165, 1.54) is 19.1 Å². The molecule has 0 spiro atoms. The van der Waals surface area contributed by atoms with Crippen molar-refractivity contribution in [3.05, 3.63) is 38.3 Å².